The van der Waals surface area contributed by atoms with E-state index in [2.05, 4.69) is 15.6 Å². The number of carbonyl (C=O) groups is 2. The number of amides is 2. The van der Waals surface area contributed by atoms with E-state index in [4.69, 9.17) is 0 Å². The van der Waals surface area contributed by atoms with Crippen molar-refractivity contribution < 1.29 is 14.7 Å². The lowest BCUT2D eigenvalue weighted by Crippen LogP contribution is -2.44. The molecular formula is C14H15N3O3S. The minimum Gasteiger partial charge on any atom is -0.480 e. The van der Waals surface area contributed by atoms with Crippen LogP contribution < -0.4 is 10.6 Å². The molecule has 6 nitrogen and oxygen atoms in total. The topological polar surface area (TPSA) is 91.3 Å². The molecule has 1 unspecified atom stereocenters. The van der Waals surface area contributed by atoms with E-state index in [1.807, 2.05) is 37.3 Å². The Balaban J connectivity index is 1.96. The van der Waals surface area contributed by atoms with Gasteiger partial charge in [0.1, 0.15) is 6.04 Å². The molecule has 0 aliphatic carbocycles. The maximum absolute atomic E-state index is 11.8. The predicted octanol–water partition coefficient (Wildman–Crippen LogP) is 2.27. The molecule has 1 atom stereocenters. The number of rotatable bonds is 5. The Hall–Kier alpha value is -2.41. The zero-order valence-corrected chi connectivity index (χ0v) is 12.2. The minimum absolute atomic E-state index is 0.223. The van der Waals surface area contributed by atoms with Gasteiger partial charge >= 0.3 is 12.0 Å². The van der Waals surface area contributed by atoms with Gasteiger partial charge in [0.15, 0.2) is 5.13 Å². The molecule has 0 radical (unpaired) electrons. The van der Waals surface area contributed by atoms with Crippen molar-refractivity contribution in [3.63, 3.8) is 0 Å². The molecule has 0 aliphatic rings. The summed E-state index contributed by atoms with van der Waals surface area (Å²) in [7, 11) is 0. The number of hydrogen-bond acceptors (Lipinski definition) is 4. The summed E-state index contributed by atoms with van der Waals surface area (Å²) in [6.07, 6.45) is 0.223. The molecular weight excluding hydrogens is 290 g/mol. The lowest BCUT2D eigenvalue weighted by Gasteiger charge is -2.14. The number of carbonyl (C=O) groups excluding carboxylic acids is 1. The van der Waals surface area contributed by atoms with Crippen LogP contribution in [0.5, 0.6) is 0 Å². The van der Waals surface area contributed by atoms with Gasteiger partial charge in [-0.15, -0.1) is 11.3 Å². The molecule has 1 aromatic carbocycles. The fourth-order valence-corrected chi connectivity index (χ4v) is 2.44. The van der Waals surface area contributed by atoms with E-state index in [9.17, 15) is 14.7 Å². The quantitative estimate of drug-likeness (QED) is 0.790. The lowest BCUT2D eigenvalue weighted by molar-refractivity contribution is -0.139. The molecule has 0 aliphatic heterocycles. The van der Waals surface area contributed by atoms with Crippen molar-refractivity contribution in [2.45, 2.75) is 19.4 Å². The number of aliphatic carboxylic acids is 1. The van der Waals surface area contributed by atoms with Crippen molar-refractivity contribution in [3.8, 4) is 0 Å². The van der Waals surface area contributed by atoms with Crippen LogP contribution in [0.3, 0.4) is 0 Å². The standard InChI is InChI=1S/C14H15N3O3S/c1-9-8-21-14(15-9)17-13(20)16-11(12(18)19)7-10-5-3-2-4-6-10/h2-6,8,11H,7H2,1H3,(H,18,19)(H2,15,16,17,20). The van der Waals surface area contributed by atoms with Crippen LogP contribution >= 0.6 is 11.3 Å². The van der Waals surface area contributed by atoms with E-state index in [0.717, 1.165) is 11.3 Å². The molecule has 1 heterocycles. The van der Waals surface area contributed by atoms with Gasteiger partial charge in [0.2, 0.25) is 0 Å². The Labute approximate surface area is 125 Å². The van der Waals surface area contributed by atoms with Crippen LogP contribution in [0, 0.1) is 6.92 Å². The Kier molecular flexibility index (Phi) is 4.89. The second-order valence-corrected chi connectivity index (χ2v) is 5.33. The number of benzene rings is 1. The molecule has 2 amide bonds. The largest absolute Gasteiger partial charge is 0.480 e. The van der Waals surface area contributed by atoms with Gasteiger partial charge in [0.25, 0.3) is 0 Å². The van der Waals surface area contributed by atoms with Gasteiger partial charge in [0, 0.05) is 11.8 Å². The second kappa shape index (κ2) is 6.85. The Morgan fingerprint density at radius 1 is 1.33 bits per heavy atom. The van der Waals surface area contributed by atoms with Crippen LogP contribution in [0.15, 0.2) is 35.7 Å². The van der Waals surface area contributed by atoms with E-state index in [-0.39, 0.29) is 6.42 Å². The van der Waals surface area contributed by atoms with Crippen LogP contribution in [0.1, 0.15) is 11.3 Å². The lowest BCUT2D eigenvalue weighted by atomic mass is 10.1. The summed E-state index contributed by atoms with van der Waals surface area (Å²) >= 11 is 1.29. The summed E-state index contributed by atoms with van der Waals surface area (Å²) in [4.78, 5) is 27.1. The van der Waals surface area contributed by atoms with Crippen LogP contribution in [0.4, 0.5) is 9.93 Å². The normalized spacial score (nSPS) is 11.7. The van der Waals surface area contributed by atoms with Gasteiger partial charge in [0.05, 0.1) is 5.69 Å². The van der Waals surface area contributed by atoms with Crippen LogP contribution in [-0.4, -0.2) is 28.1 Å². The summed E-state index contributed by atoms with van der Waals surface area (Å²) in [6, 6.07) is 7.57. The van der Waals surface area contributed by atoms with Crippen molar-refractivity contribution >= 4 is 28.5 Å². The van der Waals surface area contributed by atoms with E-state index in [1.165, 1.54) is 11.3 Å². The molecule has 1 aromatic heterocycles. The summed E-state index contributed by atoms with van der Waals surface area (Å²) in [5, 5.41) is 16.4. The average Bonchev–Trinajstić information content (AvgIpc) is 2.84. The zero-order chi connectivity index (χ0) is 15.2. The van der Waals surface area contributed by atoms with Gasteiger partial charge in [-0.3, -0.25) is 5.32 Å². The van der Waals surface area contributed by atoms with Gasteiger partial charge in [-0.2, -0.15) is 0 Å². The Morgan fingerprint density at radius 3 is 2.62 bits per heavy atom. The average molecular weight is 305 g/mol. The summed E-state index contributed by atoms with van der Waals surface area (Å²) in [6.45, 7) is 1.81. The fourth-order valence-electron chi connectivity index (χ4n) is 1.75. The number of urea groups is 1. The third kappa shape index (κ3) is 4.57. The Morgan fingerprint density at radius 2 is 2.05 bits per heavy atom. The van der Waals surface area contributed by atoms with E-state index < -0.39 is 18.0 Å². The van der Waals surface area contributed by atoms with Crippen LogP contribution in [-0.2, 0) is 11.2 Å². The molecule has 0 spiro atoms. The van der Waals surface area contributed by atoms with E-state index in [1.54, 1.807) is 5.38 Å². The molecule has 0 bridgehead atoms. The molecule has 0 saturated heterocycles. The number of nitrogens with zero attached hydrogens (tertiary/aromatic N) is 1. The first kappa shape index (κ1) is 15.0. The van der Waals surface area contributed by atoms with Crippen molar-refractivity contribution in [2.75, 3.05) is 5.32 Å². The van der Waals surface area contributed by atoms with Gasteiger partial charge in [-0.05, 0) is 12.5 Å². The first-order valence-electron chi connectivity index (χ1n) is 6.31. The Bertz CT molecular complexity index is 627. The van der Waals surface area contributed by atoms with Crippen LogP contribution in [0.2, 0.25) is 0 Å². The fraction of sp³-hybridized carbons (Fsp3) is 0.214. The molecule has 2 aromatic rings. The highest BCUT2D eigenvalue weighted by Crippen LogP contribution is 2.14. The highest BCUT2D eigenvalue weighted by molar-refractivity contribution is 7.13. The molecule has 3 N–H and O–H groups in total. The highest BCUT2D eigenvalue weighted by atomic mass is 32.1. The number of aromatic nitrogens is 1. The monoisotopic (exact) mass is 305 g/mol. The third-order valence-corrected chi connectivity index (χ3v) is 3.60. The van der Waals surface area contributed by atoms with Crippen molar-refractivity contribution in [1.29, 1.82) is 0 Å². The first-order chi connectivity index (χ1) is 10.0. The smallest absolute Gasteiger partial charge is 0.326 e. The molecule has 0 fully saturated rings. The van der Waals surface area contributed by atoms with E-state index >= 15 is 0 Å². The van der Waals surface area contributed by atoms with Crippen molar-refractivity contribution in [3.05, 3.63) is 47.0 Å². The number of anilines is 1. The molecule has 110 valence electrons. The zero-order valence-electron chi connectivity index (χ0n) is 11.4. The highest BCUT2D eigenvalue weighted by Gasteiger charge is 2.20. The molecule has 7 heteroatoms. The second-order valence-electron chi connectivity index (χ2n) is 4.47. The van der Waals surface area contributed by atoms with Gasteiger partial charge in [-0.1, -0.05) is 30.3 Å². The van der Waals surface area contributed by atoms with Gasteiger partial charge in [-0.25, -0.2) is 14.6 Å². The third-order valence-electron chi connectivity index (χ3n) is 2.73. The summed E-state index contributed by atoms with van der Waals surface area (Å²) in [5.41, 5.74) is 1.64. The SMILES string of the molecule is Cc1csc(NC(=O)NC(Cc2ccccc2)C(=O)O)n1. The molecule has 21 heavy (non-hydrogen) atoms. The van der Waals surface area contributed by atoms with Crippen molar-refractivity contribution in [2.24, 2.45) is 0 Å². The number of thiazole rings is 1. The number of aryl methyl sites for hydroxylation is 1. The van der Waals surface area contributed by atoms with Gasteiger partial charge < -0.3 is 10.4 Å². The minimum atomic E-state index is -1.08. The first-order valence-corrected chi connectivity index (χ1v) is 7.19. The predicted molar refractivity (Wildman–Crippen MR) is 80.6 cm³/mol. The number of hydrogen-bond donors (Lipinski definition) is 3. The molecule has 0 saturated carbocycles. The summed E-state index contributed by atoms with van der Waals surface area (Å²) in [5.74, 6) is -1.08. The number of carboxylic acid groups (broad SMARTS) is 1. The number of nitrogens with one attached hydrogen (secondary N) is 2. The maximum Gasteiger partial charge on any atom is 0.326 e. The van der Waals surface area contributed by atoms with Crippen molar-refractivity contribution in [1.82, 2.24) is 10.3 Å². The summed E-state index contributed by atoms with van der Waals surface area (Å²) < 4.78 is 0. The maximum atomic E-state index is 11.8. The van der Waals surface area contributed by atoms with E-state index in [0.29, 0.717) is 5.13 Å². The number of carboxylic acids is 1. The van der Waals surface area contributed by atoms with Crippen LogP contribution in [0.25, 0.3) is 0 Å². The molecule has 2 rings (SSSR count).